The molecule has 2 aromatic rings. The Hall–Kier alpha value is -1.26. The Kier molecular flexibility index (Phi) is 4.89. The van der Waals surface area contributed by atoms with E-state index in [-0.39, 0.29) is 21.0 Å². The molecule has 2 rings (SSSR count). The molecule has 0 fully saturated rings. The van der Waals surface area contributed by atoms with Gasteiger partial charge in [-0.1, -0.05) is 23.1 Å². The standard InChI is InChI=1S/C10H6BrF2N3O2S2/c11-4-1-7(6(13)2-5(4)12)14-9-15-16-10(20-9)19-3-8(17)18/h1-2H,3H2,(H,14,15)(H,17,18). The molecule has 0 unspecified atom stereocenters. The molecule has 5 nitrogen and oxygen atoms in total. The van der Waals surface area contributed by atoms with Crippen molar-refractivity contribution in [2.45, 2.75) is 4.34 Å². The summed E-state index contributed by atoms with van der Waals surface area (Å²) in [5.41, 5.74) is 0.0456. The number of carbonyl (C=O) groups is 1. The number of nitrogens with zero attached hydrogens (tertiary/aromatic N) is 2. The van der Waals surface area contributed by atoms with E-state index in [0.717, 1.165) is 29.2 Å². The highest BCUT2D eigenvalue weighted by Crippen LogP contribution is 2.30. The van der Waals surface area contributed by atoms with Gasteiger partial charge in [0, 0.05) is 6.07 Å². The highest BCUT2D eigenvalue weighted by molar-refractivity contribution is 9.10. The molecule has 0 saturated carbocycles. The Labute approximate surface area is 128 Å². The molecule has 0 aliphatic rings. The number of carboxylic acid groups (broad SMARTS) is 1. The lowest BCUT2D eigenvalue weighted by atomic mass is 10.3. The number of thioether (sulfide) groups is 1. The molecule has 1 aromatic carbocycles. The first-order valence-electron chi connectivity index (χ1n) is 5.05. The van der Waals surface area contributed by atoms with Gasteiger partial charge in [-0.25, -0.2) is 8.78 Å². The molecule has 0 saturated heterocycles. The van der Waals surface area contributed by atoms with E-state index in [1.807, 2.05) is 0 Å². The van der Waals surface area contributed by atoms with Crippen molar-refractivity contribution < 1.29 is 18.7 Å². The molecule has 0 amide bonds. The molecule has 10 heteroatoms. The van der Waals surface area contributed by atoms with Crippen LogP contribution in [0.5, 0.6) is 0 Å². The summed E-state index contributed by atoms with van der Waals surface area (Å²) in [7, 11) is 0. The van der Waals surface area contributed by atoms with Crippen molar-refractivity contribution in [1.29, 1.82) is 0 Å². The Balaban J connectivity index is 2.10. The lowest BCUT2D eigenvalue weighted by molar-refractivity contribution is -0.133. The minimum Gasteiger partial charge on any atom is -0.481 e. The molecule has 0 aliphatic carbocycles. The molecule has 0 bridgehead atoms. The largest absolute Gasteiger partial charge is 0.481 e. The number of halogens is 3. The van der Waals surface area contributed by atoms with Crippen molar-refractivity contribution in [1.82, 2.24) is 10.2 Å². The second kappa shape index (κ2) is 6.46. The van der Waals surface area contributed by atoms with Gasteiger partial charge in [0.2, 0.25) is 5.13 Å². The number of carboxylic acids is 1. The SMILES string of the molecule is O=C(O)CSc1nnc(Nc2cc(Br)c(F)cc2F)s1. The maximum atomic E-state index is 13.5. The third-order valence-electron chi connectivity index (χ3n) is 1.98. The number of hydrogen-bond donors (Lipinski definition) is 2. The zero-order valence-electron chi connectivity index (χ0n) is 9.56. The Morgan fingerprint density at radius 2 is 2.15 bits per heavy atom. The zero-order chi connectivity index (χ0) is 14.7. The summed E-state index contributed by atoms with van der Waals surface area (Å²) in [5.74, 6) is -2.57. The summed E-state index contributed by atoms with van der Waals surface area (Å²) in [6, 6.07) is 1.99. The maximum Gasteiger partial charge on any atom is 0.313 e. The summed E-state index contributed by atoms with van der Waals surface area (Å²) in [5, 5.41) is 19.0. The van der Waals surface area contributed by atoms with E-state index in [0.29, 0.717) is 4.34 Å². The zero-order valence-corrected chi connectivity index (χ0v) is 12.8. The smallest absolute Gasteiger partial charge is 0.313 e. The van der Waals surface area contributed by atoms with E-state index in [2.05, 4.69) is 31.4 Å². The number of hydrogen-bond acceptors (Lipinski definition) is 6. The second-order valence-electron chi connectivity index (χ2n) is 3.43. The van der Waals surface area contributed by atoms with Gasteiger partial charge in [0.1, 0.15) is 11.6 Å². The van der Waals surface area contributed by atoms with Crippen LogP contribution in [0.2, 0.25) is 0 Å². The first-order valence-corrected chi connectivity index (χ1v) is 7.65. The summed E-state index contributed by atoms with van der Waals surface area (Å²) in [6.45, 7) is 0. The van der Waals surface area contributed by atoms with E-state index < -0.39 is 17.6 Å². The van der Waals surface area contributed by atoms with Gasteiger partial charge in [0.05, 0.1) is 15.9 Å². The predicted molar refractivity (Wildman–Crippen MR) is 75.6 cm³/mol. The van der Waals surface area contributed by atoms with Crippen LogP contribution in [0.3, 0.4) is 0 Å². The molecule has 0 atom stereocenters. The number of anilines is 2. The van der Waals surface area contributed by atoms with Gasteiger partial charge in [-0.05, 0) is 22.0 Å². The van der Waals surface area contributed by atoms with E-state index in [4.69, 9.17) is 5.11 Å². The van der Waals surface area contributed by atoms with Crippen molar-refractivity contribution in [3.63, 3.8) is 0 Å². The first-order chi connectivity index (χ1) is 9.45. The molecule has 1 heterocycles. The van der Waals surface area contributed by atoms with Crippen LogP contribution >= 0.6 is 39.0 Å². The van der Waals surface area contributed by atoms with E-state index in [1.165, 1.54) is 6.07 Å². The van der Waals surface area contributed by atoms with Crippen LogP contribution in [0.15, 0.2) is 20.9 Å². The second-order valence-corrected chi connectivity index (χ2v) is 6.48. The summed E-state index contributed by atoms with van der Waals surface area (Å²) in [6.07, 6.45) is 0. The summed E-state index contributed by atoms with van der Waals surface area (Å²) in [4.78, 5) is 10.4. The Morgan fingerprint density at radius 1 is 1.40 bits per heavy atom. The van der Waals surface area contributed by atoms with Crippen molar-refractivity contribution in [3.8, 4) is 0 Å². The molecule has 0 radical (unpaired) electrons. The molecule has 2 N–H and O–H groups in total. The number of aliphatic carboxylic acids is 1. The average Bonchev–Trinajstić information content (AvgIpc) is 2.81. The van der Waals surface area contributed by atoms with Gasteiger partial charge in [0.15, 0.2) is 4.34 Å². The van der Waals surface area contributed by atoms with Crippen molar-refractivity contribution in [2.75, 3.05) is 11.1 Å². The number of rotatable bonds is 5. The topological polar surface area (TPSA) is 75.1 Å². The molecule has 106 valence electrons. The normalized spacial score (nSPS) is 10.6. The van der Waals surface area contributed by atoms with Crippen LogP contribution in [-0.4, -0.2) is 27.0 Å². The fourth-order valence-corrected chi connectivity index (χ4v) is 3.00. The fraction of sp³-hybridized carbons (Fsp3) is 0.100. The molecule has 1 aromatic heterocycles. The van der Waals surface area contributed by atoms with Crippen LogP contribution in [0.1, 0.15) is 0 Å². The fourth-order valence-electron chi connectivity index (χ4n) is 1.18. The van der Waals surface area contributed by atoms with Crippen LogP contribution in [0.4, 0.5) is 19.6 Å². The maximum absolute atomic E-state index is 13.5. The molecular formula is C10H6BrF2N3O2S2. The van der Waals surface area contributed by atoms with Gasteiger partial charge in [0.25, 0.3) is 0 Å². The highest BCUT2D eigenvalue weighted by Gasteiger charge is 2.12. The van der Waals surface area contributed by atoms with Crippen molar-refractivity contribution in [3.05, 3.63) is 28.2 Å². The van der Waals surface area contributed by atoms with Crippen molar-refractivity contribution >= 4 is 55.8 Å². The van der Waals surface area contributed by atoms with E-state index in [9.17, 15) is 13.6 Å². The Bertz CT molecular complexity index is 653. The first kappa shape index (κ1) is 15.1. The van der Waals surface area contributed by atoms with Crippen molar-refractivity contribution in [2.24, 2.45) is 0 Å². The van der Waals surface area contributed by atoms with Gasteiger partial charge in [-0.2, -0.15) is 0 Å². The number of nitrogens with one attached hydrogen (secondary N) is 1. The summed E-state index contributed by atoms with van der Waals surface area (Å²) < 4.78 is 27.2. The van der Waals surface area contributed by atoms with Gasteiger partial charge < -0.3 is 10.4 Å². The van der Waals surface area contributed by atoms with Gasteiger partial charge in [-0.3, -0.25) is 4.79 Å². The Morgan fingerprint density at radius 3 is 2.85 bits per heavy atom. The molecule has 20 heavy (non-hydrogen) atoms. The highest BCUT2D eigenvalue weighted by atomic mass is 79.9. The third-order valence-corrected chi connectivity index (χ3v) is 4.54. The number of benzene rings is 1. The van der Waals surface area contributed by atoms with E-state index in [1.54, 1.807) is 0 Å². The molecular weight excluding hydrogens is 376 g/mol. The molecule has 0 aliphatic heterocycles. The minimum absolute atomic E-state index is 0.0456. The van der Waals surface area contributed by atoms with Crippen LogP contribution < -0.4 is 5.32 Å². The number of aromatic nitrogens is 2. The monoisotopic (exact) mass is 381 g/mol. The lowest BCUT2D eigenvalue weighted by Gasteiger charge is -2.04. The summed E-state index contributed by atoms with van der Waals surface area (Å²) >= 11 is 5.05. The minimum atomic E-state index is -0.965. The third kappa shape index (κ3) is 3.87. The van der Waals surface area contributed by atoms with Gasteiger partial charge in [-0.15, -0.1) is 10.2 Å². The average molecular weight is 382 g/mol. The molecule has 0 spiro atoms. The predicted octanol–water partition coefficient (Wildman–Crippen LogP) is 3.50. The lowest BCUT2D eigenvalue weighted by Crippen LogP contribution is -1.96. The van der Waals surface area contributed by atoms with Crippen LogP contribution in [0, 0.1) is 11.6 Å². The van der Waals surface area contributed by atoms with Gasteiger partial charge >= 0.3 is 5.97 Å². The van der Waals surface area contributed by atoms with E-state index >= 15 is 0 Å². The van der Waals surface area contributed by atoms with Crippen LogP contribution in [-0.2, 0) is 4.79 Å². The quantitative estimate of drug-likeness (QED) is 0.609. The van der Waals surface area contributed by atoms with Crippen LogP contribution in [0.25, 0.3) is 0 Å².